The highest BCUT2D eigenvalue weighted by Gasteiger charge is 2.35. The minimum Gasteiger partial charge on any atom is -0.478 e. The summed E-state index contributed by atoms with van der Waals surface area (Å²) in [5.74, 6) is -2.74. The molecule has 1 heterocycles. The van der Waals surface area contributed by atoms with Gasteiger partial charge >= 0.3 is 18.1 Å². The molecule has 2 aliphatic rings. The van der Waals surface area contributed by atoms with Crippen LogP contribution in [0.1, 0.15) is 36.8 Å². The van der Waals surface area contributed by atoms with Crippen molar-refractivity contribution in [1.29, 1.82) is 0 Å². The first kappa shape index (κ1) is 24.8. The van der Waals surface area contributed by atoms with Gasteiger partial charge in [-0.3, -0.25) is 4.90 Å². The van der Waals surface area contributed by atoms with Crippen LogP contribution in [0, 0.1) is 11.7 Å². The van der Waals surface area contributed by atoms with Gasteiger partial charge in [0.15, 0.2) is 0 Å². The average Bonchev–Trinajstić information content (AvgIpc) is 3.52. The summed E-state index contributed by atoms with van der Waals surface area (Å²) in [6.07, 6.45) is 0.833. The molecule has 31 heavy (non-hydrogen) atoms. The summed E-state index contributed by atoms with van der Waals surface area (Å²) < 4.78 is 52.9. The molecule has 1 saturated carbocycles. The van der Waals surface area contributed by atoms with E-state index in [-0.39, 0.29) is 12.1 Å². The molecule has 0 amide bonds. The van der Waals surface area contributed by atoms with Crippen LogP contribution >= 0.6 is 0 Å². The van der Waals surface area contributed by atoms with E-state index in [4.69, 9.17) is 10.2 Å². The lowest BCUT2D eigenvalue weighted by Gasteiger charge is -2.35. The molecular weight excluding hydrogens is 420 g/mol. The Morgan fingerprint density at radius 1 is 1.06 bits per heavy atom. The number of carboxylic acid groups (broad SMARTS) is 2. The third-order valence-corrected chi connectivity index (χ3v) is 5.13. The first-order chi connectivity index (χ1) is 14.6. The van der Waals surface area contributed by atoms with Crippen molar-refractivity contribution in [2.75, 3.05) is 19.6 Å². The SMILES string of the molecule is Fc1ccc(CN(CC2CC2)C2CCNCC2)c(C(F)(F)F)c1.O=C(O)/C=C/C(=O)O. The molecule has 1 aliphatic carbocycles. The first-order valence-electron chi connectivity index (χ1n) is 10.0. The van der Waals surface area contributed by atoms with E-state index in [2.05, 4.69) is 10.2 Å². The maximum Gasteiger partial charge on any atom is 0.416 e. The lowest BCUT2D eigenvalue weighted by molar-refractivity contribution is -0.138. The molecule has 0 aromatic heterocycles. The number of alkyl halides is 3. The summed E-state index contributed by atoms with van der Waals surface area (Å²) in [7, 11) is 0. The second kappa shape index (κ2) is 11.2. The molecule has 1 saturated heterocycles. The molecule has 172 valence electrons. The van der Waals surface area contributed by atoms with Crippen LogP contribution in [-0.4, -0.2) is 52.7 Å². The fraction of sp³-hybridized carbons (Fsp3) is 0.524. The number of halogens is 4. The number of nitrogens with one attached hydrogen (secondary N) is 1. The average molecular weight is 446 g/mol. The molecule has 2 fully saturated rings. The van der Waals surface area contributed by atoms with Gasteiger partial charge in [0.25, 0.3) is 0 Å². The zero-order valence-electron chi connectivity index (χ0n) is 16.9. The normalized spacial score (nSPS) is 17.5. The van der Waals surface area contributed by atoms with Crippen molar-refractivity contribution >= 4 is 11.9 Å². The first-order valence-corrected chi connectivity index (χ1v) is 10.0. The van der Waals surface area contributed by atoms with Gasteiger partial charge in [0.05, 0.1) is 5.56 Å². The van der Waals surface area contributed by atoms with Crippen molar-refractivity contribution in [3.05, 3.63) is 47.3 Å². The van der Waals surface area contributed by atoms with Gasteiger partial charge in [-0.2, -0.15) is 13.2 Å². The zero-order valence-corrected chi connectivity index (χ0v) is 16.9. The van der Waals surface area contributed by atoms with Gasteiger partial charge in [-0.1, -0.05) is 6.07 Å². The Kier molecular flexibility index (Phi) is 9.00. The van der Waals surface area contributed by atoms with Gasteiger partial charge in [0.1, 0.15) is 5.82 Å². The maximum atomic E-state index is 13.3. The Hall–Kier alpha value is -2.46. The van der Waals surface area contributed by atoms with Crippen LogP contribution in [0.25, 0.3) is 0 Å². The number of carboxylic acids is 2. The van der Waals surface area contributed by atoms with Crippen molar-refractivity contribution in [3.63, 3.8) is 0 Å². The number of aliphatic carboxylic acids is 2. The zero-order chi connectivity index (χ0) is 23.0. The molecule has 0 bridgehead atoms. The Morgan fingerprint density at radius 3 is 2.13 bits per heavy atom. The van der Waals surface area contributed by atoms with Crippen molar-refractivity contribution < 1.29 is 37.4 Å². The molecular formula is C21H26F4N2O4. The summed E-state index contributed by atoms with van der Waals surface area (Å²) in [5.41, 5.74) is -0.662. The van der Waals surface area contributed by atoms with Crippen LogP contribution in [0.2, 0.25) is 0 Å². The molecule has 1 aromatic carbocycles. The van der Waals surface area contributed by atoms with E-state index in [0.717, 1.165) is 51.4 Å². The fourth-order valence-electron chi connectivity index (χ4n) is 3.46. The van der Waals surface area contributed by atoms with E-state index in [9.17, 15) is 27.2 Å². The minimum absolute atomic E-state index is 0.179. The molecule has 1 aliphatic heterocycles. The molecule has 0 radical (unpaired) electrons. The Labute approximate surface area is 177 Å². The van der Waals surface area contributed by atoms with Crippen molar-refractivity contribution in [2.45, 2.75) is 44.4 Å². The van der Waals surface area contributed by atoms with Crippen LogP contribution < -0.4 is 5.32 Å². The highest BCUT2D eigenvalue weighted by Crippen LogP contribution is 2.35. The summed E-state index contributed by atoms with van der Waals surface area (Å²) in [4.78, 5) is 21.3. The van der Waals surface area contributed by atoms with E-state index in [0.29, 0.717) is 30.2 Å². The lowest BCUT2D eigenvalue weighted by atomic mass is 10.0. The Balaban J connectivity index is 0.000000366. The van der Waals surface area contributed by atoms with E-state index in [1.807, 2.05) is 0 Å². The predicted octanol–water partition coefficient (Wildman–Crippen LogP) is 3.52. The maximum absolute atomic E-state index is 13.3. The topological polar surface area (TPSA) is 89.9 Å². The molecule has 0 spiro atoms. The number of nitrogens with zero attached hydrogens (tertiary/aromatic N) is 1. The summed E-state index contributed by atoms with van der Waals surface area (Å²) >= 11 is 0. The van der Waals surface area contributed by atoms with Crippen molar-refractivity contribution in [1.82, 2.24) is 10.2 Å². The van der Waals surface area contributed by atoms with E-state index in [1.165, 1.54) is 6.07 Å². The molecule has 0 unspecified atom stereocenters. The second-order valence-electron chi connectivity index (χ2n) is 7.66. The number of piperidine rings is 1. The molecule has 6 nitrogen and oxygen atoms in total. The van der Waals surface area contributed by atoms with Gasteiger partial charge in [-0.05, 0) is 62.4 Å². The molecule has 1 aromatic rings. The number of hydrogen-bond acceptors (Lipinski definition) is 4. The van der Waals surface area contributed by atoms with Crippen LogP contribution in [-0.2, 0) is 22.3 Å². The van der Waals surface area contributed by atoms with Crippen molar-refractivity contribution in [3.8, 4) is 0 Å². The molecule has 3 N–H and O–H groups in total. The highest BCUT2D eigenvalue weighted by molar-refractivity contribution is 5.89. The summed E-state index contributed by atoms with van der Waals surface area (Å²) in [6.45, 7) is 2.90. The standard InChI is InChI=1S/C17H22F4N2.C4H4O4/c18-14-4-3-13(16(9-14)17(19,20)21)11-23(10-12-1-2-12)15-5-7-22-8-6-15;5-3(6)1-2-4(7)8/h3-4,9,12,15,22H,1-2,5-8,10-11H2;1-2H,(H,5,6)(H,7,8)/b;2-1+. The summed E-state index contributed by atoms with van der Waals surface area (Å²) in [6, 6.07) is 3.34. The van der Waals surface area contributed by atoms with Gasteiger partial charge in [-0.25, -0.2) is 14.0 Å². The van der Waals surface area contributed by atoms with Crippen molar-refractivity contribution in [2.24, 2.45) is 5.92 Å². The highest BCUT2D eigenvalue weighted by atomic mass is 19.4. The Morgan fingerprint density at radius 2 is 1.65 bits per heavy atom. The number of hydrogen-bond donors (Lipinski definition) is 3. The second-order valence-corrected chi connectivity index (χ2v) is 7.66. The van der Waals surface area contributed by atoms with Crippen LogP contribution in [0.4, 0.5) is 17.6 Å². The third-order valence-electron chi connectivity index (χ3n) is 5.13. The largest absolute Gasteiger partial charge is 0.478 e. The quantitative estimate of drug-likeness (QED) is 0.439. The number of benzene rings is 1. The Bertz CT molecular complexity index is 772. The van der Waals surface area contributed by atoms with Gasteiger partial charge in [0.2, 0.25) is 0 Å². The minimum atomic E-state index is -4.52. The summed E-state index contributed by atoms with van der Waals surface area (Å²) in [5, 5.41) is 18.9. The molecule has 0 atom stereocenters. The van der Waals surface area contributed by atoms with E-state index in [1.54, 1.807) is 0 Å². The van der Waals surface area contributed by atoms with E-state index >= 15 is 0 Å². The van der Waals surface area contributed by atoms with Gasteiger partial charge < -0.3 is 15.5 Å². The molecule has 10 heteroatoms. The lowest BCUT2D eigenvalue weighted by Crippen LogP contribution is -2.43. The monoisotopic (exact) mass is 446 g/mol. The molecule has 3 rings (SSSR count). The van der Waals surface area contributed by atoms with Crippen LogP contribution in [0.3, 0.4) is 0 Å². The predicted molar refractivity (Wildman–Crippen MR) is 105 cm³/mol. The fourth-order valence-corrected chi connectivity index (χ4v) is 3.46. The smallest absolute Gasteiger partial charge is 0.416 e. The van der Waals surface area contributed by atoms with E-state index < -0.39 is 29.5 Å². The van der Waals surface area contributed by atoms with Gasteiger partial charge in [0, 0.05) is 31.3 Å². The number of carbonyl (C=O) groups is 2. The third kappa shape index (κ3) is 9.06. The van der Waals surface area contributed by atoms with Crippen LogP contribution in [0.15, 0.2) is 30.4 Å². The van der Waals surface area contributed by atoms with Gasteiger partial charge in [-0.15, -0.1) is 0 Å². The number of rotatable bonds is 7. The van der Waals surface area contributed by atoms with Crippen LogP contribution in [0.5, 0.6) is 0 Å².